The first-order valence-electron chi connectivity index (χ1n) is 8.68. The summed E-state index contributed by atoms with van der Waals surface area (Å²) >= 11 is 0. The van der Waals surface area contributed by atoms with E-state index in [2.05, 4.69) is 17.1 Å². The van der Waals surface area contributed by atoms with Gasteiger partial charge in [-0.3, -0.25) is 4.79 Å². The van der Waals surface area contributed by atoms with Gasteiger partial charge in [0.1, 0.15) is 5.75 Å². The van der Waals surface area contributed by atoms with E-state index in [1.807, 2.05) is 47.4 Å². The number of ether oxygens (including phenoxy) is 1. The largest absolute Gasteiger partial charge is 0.497 e. The fraction of sp³-hybridized carbons (Fsp3) is 0.238. The summed E-state index contributed by atoms with van der Waals surface area (Å²) in [5.74, 6) is 1.63. The average molecular weight is 348 g/mol. The molecule has 1 fully saturated rings. The number of likely N-dealkylation sites (tertiary alicyclic amines) is 1. The molecular weight excluding hydrogens is 328 g/mol. The lowest BCUT2D eigenvalue weighted by Gasteiger charge is -2.16. The lowest BCUT2D eigenvalue weighted by molar-refractivity contribution is 0.0786. The van der Waals surface area contributed by atoms with E-state index in [9.17, 15) is 4.79 Å². The highest BCUT2D eigenvalue weighted by atomic mass is 16.5. The van der Waals surface area contributed by atoms with Gasteiger partial charge in [-0.25, -0.2) is 4.98 Å². The Morgan fingerprint density at radius 2 is 1.92 bits per heavy atom. The molecule has 0 saturated carbocycles. The maximum Gasteiger partial charge on any atom is 0.276 e. The Hall–Kier alpha value is -3.08. The second-order valence-corrected chi connectivity index (χ2v) is 6.41. The fourth-order valence-corrected chi connectivity index (χ4v) is 3.44. The van der Waals surface area contributed by atoms with Crippen LogP contribution in [0.15, 0.2) is 65.4 Å². The summed E-state index contributed by atoms with van der Waals surface area (Å²) in [5.41, 5.74) is 2.47. The predicted molar refractivity (Wildman–Crippen MR) is 98.2 cm³/mol. The normalized spacial score (nSPS) is 16.7. The Balaban J connectivity index is 1.51. The average Bonchev–Trinajstić information content (AvgIpc) is 3.38. The summed E-state index contributed by atoms with van der Waals surface area (Å²) in [7, 11) is 1.66. The Kier molecular flexibility index (Phi) is 4.44. The van der Waals surface area contributed by atoms with Crippen molar-refractivity contribution in [2.24, 2.45) is 0 Å². The van der Waals surface area contributed by atoms with Crippen LogP contribution in [0.4, 0.5) is 0 Å². The predicted octanol–water partition coefficient (Wildman–Crippen LogP) is 3.98. The Bertz CT molecular complexity index is 887. The maximum absolute atomic E-state index is 13.0. The van der Waals surface area contributed by atoms with Gasteiger partial charge in [-0.15, -0.1) is 0 Å². The third-order valence-electron chi connectivity index (χ3n) is 4.87. The van der Waals surface area contributed by atoms with Crippen LogP contribution < -0.4 is 4.74 Å². The van der Waals surface area contributed by atoms with E-state index >= 15 is 0 Å². The van der Waals surface area contributed by atoms with Gasteiger partial charge >= 0.3 is 0 Å². The quantitative estimate of drug-likeness (QED) is 0.716. The third-order valence-corrected chi connectivity index (χ3v) is 4.87. The highest BCUT2D eigenvalue weighted by Crippen LogP contribution is 2.31. The fourth-order valence-electron chi connectivity index (χ4n) is 3.44. The number of carbonyl (C=O) groups is 1. The zero-order valence-corrected chi connectivity index (χ0v) is 14.6. The molecule has 1 aliphatic heterocycles. The minimum atomic E-state index is -0.0754. The van der Waals surface area contributed by atoms with Crippen molar-refractivity contribution in [2.75, 3.05) is 20.2 Å². The van der Waals surface area contributed by atoms with Crippen LogP contribution in [0.2, 0.25) is 0 Å². The first-order chi connectivity index (χ1) is 12.8. The Morgan fingerprint density at radius 1 is 1.15 bits per heavy atom. The molecule has 132 valence electrons. The lowest BCUT2D eigenvalue weighted by atomic mass is 9.98. The number of hydrogen-bond donors (Lipinski definition) is 0. The summed E-state index contributed by atoms with van der Waals surface area (Å²) < 4.78 is 10.7. The van der Waals surface area contributed by atoms with Crippen molar-refractivity contribution in [1.29, 1.82) is 0 Å². The van der Waals surface area contributed by atoms with Crippen LogP contribution in [0.25, 0.3) is 11.3 Å². The number of oxazole rings is 1. The highest BCUT2D eigenvalue weighted by molar-refractivity contribution is 5.97. The molecule has 0 aliphatic carbocycles. The Morgan fingerprint density at radius 3 is 2.65 bits per heavy atom. The topological polar surface area (TPSA) is 55.6 Å². The molecule has 5 nitrogen and oxygen atoms in total. The summed E-state index contributed by atoms with van der Waals surface area (Å²) in [5, 5.41) is 0. The van der Waals surface area contributed by atoms with Crippen LogP contribution in [0.5, 0.6) is 5.75 Å². The highest BCUT2D eigenvalue weighted by Gasteiger charge is 2.31. The van der Waals surface area contributed by atoms with E-state index in [1.165, 1.54) is 12.0 Å². The number of nitrogens with zero attached hydrogens (tertiary/aromatic N) is 2. The minimum Gasteiger partial charge on any atom is -0.497 e. The molecule has 0 radical (unpaired) electrons. The van der Waals surface area contributed by atoms with Crippen molar-refractivity contribution in [2.45, 2.75) is 12.3 Å². The second-order valence-electron chi connectivity index (χ2n) is 6.41. The minimum absolute atomic E-state index is 0.0754. The first-order valence-corrected chi connectivity index (χ1v) is 8.68. The molecule has 1 amide bonds. The molecule has 0 unspecified atom stereocenters. The van der Waals surface area contributed by atoms with Crippen molar-refractivity contribution in [3.63, 3.8) is 0 Å². The molecule has 1 aliphatic rings. The molecule has 3 aromatic rings. The summed E-state index contributed by atoms with van der Waals surface area (Å²) in [6.07, 6.45) is 2.28. The summed E-state index contributed by atoms with van der Waals surface area (Å²) in [6.45, 7) is 1.41. The van der Waals surface area contributed by atoms with Crippen molar-refractivity contribution in [3.8, 4) is 17.1 Å². The van der Waals surface area contributed by atoms with Crippen LogP contribution in [0.1, 0.15) is 28.4 Å². The monoisotopic (exact) mass is 348 g/mol. The van der Waals surface area contributed by atoms with Crippen LogP contribution in [0.3, 0.4) is 0 Å². The van der Waals surface area contributed by atoms with Gasteiger partial charge in [-0.2, -0.15) is 0 Å². The van der Waals surface area contributed by atoms with E-state index in [4.69, 9.17) is 9.15 Å². The van der Waals surface area contributed by atoms with E-state index in [0.29, 0.717) is 23.9 Å². The SMILES string of the molecule is COc1ccc([C@H]2CCN(C(=O)c3ncoc3-c3ccccc3)C2)cc1. The number of rotatable bonds is 4. The molecule has 0 spiro atoms. The lowest BCUT2D eigenvalue weighted by Crippen LogP contribution is -2.29. The molecule has 1 saturated heterocycles. The Labute approximate surface area is 152 Å². The first kappa shape index (κ1) is 16.4. The number of benzene rings is 2. The second kappa shape index (κ2) is 7.04. The van der Waals surface area contributed by atoms with Gasteiger partial charge in [0.25, 0.3) is 5.91 Å². The number of amides is 1. The van der Waals surface area contributed by atoms with Crippen molar-refractivity contribution >= 4 is 5.91 Å². The number of hydrogen-bond acceptors (Lipinski definition) is 4. The smallest absolute Gasteiger partial charge is 0.276 e. The van der Waals surface area contributed by atoms with Crippen LogP contribution in [0, 0.1) is 0 Å². The molecule has 0 bridgehead atoms. The van der Waals surface area contributed by atoms with Gasteiger partial charge in [-0.05, 0) is 24.1 Å². The molecule has 1 atom stereocenters. The number of carbonyl (C=O) groups excluding carboxylic acids is 1. The van der Waals surface area contributed by atoms with E-state index < -0.39 is 0 Å². The number of aromatic nitrogens is 1. The zero-order valence-electron chi connectivity index (χ0n) is 14.6. The zero-order chi connectivity index (χ0) is 17.9. The van der Waals surface area contributed by atoms with Gasteiger partial charge in [0.2, 0.25) is 0 Å². The molecule has 4 rings (SSSR count). The van der Waals surface area contributed by atoms with Crippen LogP contribution in [-0.2, 0) is 0 Å². The molecule has 0 N–H and O–H groups in total. The maximum atomic E-state index is 13.0. The van der Waals surface area contributed by atoms with Gasteiger partial charge in [0, 0.05) is 24.6 Å². The molecule has 26 heavy (non-hydrogen) atoms. The summed E-state index contributed by atoms with van der Waals surface area (Å²) in [4.78, 5) is 19.0. The van der Waals surface area contributed by atoms with Gasteiger partial charge in [0.15, 0.2) is 17.8 Å². The van der Waals surface area contributed by atoms with E-state index in [-0.39, 0.29) is 5.91 Å². The van der Waals surface area contributed by atoms with Gasteiger partial charge < -0.3 is 14.1 Å². The van der Waals surface area contributed by atoms with Crippen molar-refractivity contribution in [3.05, 3.63) is 72.2 Å². The van der Waals surface area contributed by atoms with Crippen LogP contribution in [-0.4, -0.2) is 36.0 Å². The molecule has 5 heteroatoms. The van der Waals surface area contributed by atoms with Crippen molar-refractivity contribution < 1.29 is 13.9 Å². The number of methoxy groups -OCH3 is 1. The van der Waals surface area contributed by atoms with E-state index in [1.54, 1.807) is 7.11 Å². The third kappa shape index (κ3) is 3.08. The van der Waals surface area contributed by atoms with Gasteiger partial charge in [0.05, 0.1) is 7.11 Å². The summed E-state index contributed by atoms with van der Waals surface area (Å²) in [6, 6.07) is 17.7. The molecule has 2 aromatic carbocycles. The van der Waals surface area contributed by atoms with E-state index in [0.717, 1.165) is 24.3 Å². The van der Waals surface area contributed by atoms with Crippen LogP contribution >= 0.6 is 0 Å². The molecule has 2 heterocycles. The standard InChI is InChI=1S/C21H20N2O3/c1-25-18-9-7-15(8-10-18)17-11-12-23(13-17)21(24)19-20(26-14-22-19)16-5-3-2-4-6-16/h2-10,14,17H,11-13H2,1H3/t17-/m0/s1. The molecular formula is C21H20N2O3. The van der Waals surface area contributed by atoms with Crippen molar-refractivity contribution in [1.82, 2.24) is 9.88 Å². The van der Waals surface area contributed by atoms with Gasteiger partial charge in [-0.1, -0.05) is 42.5 Å². The molecule has 1 aromatic heterocycles.